The highest BCUT2D eigenvalue weighted by atomic mass is 32.1. The molecule has 0 saturated carbocycles. The van der Waals surface area contributed by atoms with Crippen LogP contribution in [0, 0.1) is 11.6 Å². The number of hydrogen-bond acceptors (Lipinski definition) is 4. The Labute approximate surface area is 104 Å². The average Bonchev–Trinajstić information content (AvgIpc) is 2.24. The molecule has 3 nitrogen and oxygen atoms in total. The number of aryl methyl sites for hydroxylation is 1. The standard InChI is InChI=1S/C13H12O3S/c1-8-3-4-11-10(7-15-9(2)14)6-13(17)16-12(11)5-8/h3-6H,7H2,1-2H3. The molecule has 0 amide bonds. The molecule has 1 heterocycles. The van der Waals surface area contributed by atoms with Crippen molar-refractivity contribution in [2.45, 2.75) is 20.5 Å². The van der Waals surface area contributed by atoms with Gasteiger partial charge in [0.15, 0.2) is 4.71 Å². The molecule has 1 aromatic carbocycles. The number of hydrogen-bond donors (Lipinski definition) is 0. The number of carbonyl (C=O) groups is 1. The minimum atomic E-state index is -0.308. The second-order valence-electron chi connectivity index (χ2n) is 3.87. The molecule has 0 saturated heterocycles. The fourth-order valence-corrected chi connectivity index (χ4v) is 1.87. The lowest BCUT2D eigenvalue weighted by molar-refractivity contribution is -0.142. The summed E-state index contributed by atoms with van der Waals surface area (Å²) in [6, 6.07) is 7.57. The zero-order valence-corrected chi connectivity index (χ0v) is 10.5. The van der Waals surface area contributed by atoms with Crippen molar-refractivity contribution < 1.29 is 13.9 Å². The van der Waals surface area contributed by atoms with Crippen LogP contribution in [0.25, 0.3) is 11.0 Å². The molecule has 2 aromatic rings. The van der Waals surface area contributed by atoms with Gasteiger partial charge in [-0.05, 0) is 36.8 Å². The fourth-order valence-electron chi connectivity index (χ4n) is 1.64. The van der Waals surface area contributed by atoms with Gasteiger partial charge in [-0.3, -0.25) is 4.79 Å². The number of benzene rings is 1. The van der Waals surface area contributed by atoms with Crippen LogP contribution in [0.15, 0.2) is 28.7 Å². The van der Waals surface area contributed by atoms with E-state index in [9.17, 15) is 4.79 Å². The number of esters is 1. The minimum absolute atomic E-state index is 0.217. The van der Waals surface area contributed by atoms with Gasteiger partial charge in [-0.15, -0.1) is 0 Å². The van der Waals surface area contributed by atoms with Gasteiger partial charge in [-0.25, -0.2) is 0 Å². The van der Waals surface area contributed by atoms with E-state index in [0.717, 1.165) is 22.1 Å². The molecule has 0 aliphatic rings. The van der Waals surface area contributed by atoms with Crippen LogP contribution >= 0.6 is 12.2 Å². The third-order valence-corrected chi connectivity index (χ3v) is 2.62. The molecule has 0 radical (unpaired) electrons. The van der Waals surface area contributed by atoms with Gasteiger partial charge in [0.1, 0.15) is 12.2 Å². The number of carbonyl (C=O) groups excluding carboxylic acids is 1. The van der Waals surface area contributed by atoms with Gasteiger partial charge in [0, 0.05) is 17.9 Å². The number of ether oxygens (including phenoxy) is 1. The van der Waals surface area contributed by atoms with Gasteiger partial charge >= 0.3 is 5.97 Å². The Morgan fingerprint density at radius 2 is 2.18 bits per heavy atom. The first kappa shape index (κ1) is 11.8. The first-order chi connectivity index (χ1) is 8.06. The van der Waals surface area contributed by atoms with E-state index in [0.29, 0.717) is 4.71 Å². The molecule has 4 heteroatoms. The van der Waals surface area contributed by atoms with Crippen LogP contribution in [-0.4, -0.2) is 5.97 Å². The van der Waals surface area contributed by atoms with Gasteiger partial charge in [0.2, 0.25) is 0 Å². The zero-order valence-electron chi connectivity index (χ0n) is 9.65. The van der Waals surface area contributed by atoms with Crippen LogP contribution < -0.4 is 0 Å². The summed E-state index contributed by atoms with van der Waals surface area (Å²) in [5.41, 5.74) is 2.69. The molecule has 0 unspecified atom stereocenters. The van der Waals surface area contributed by atoms with E-state index in [1.165, 1.54) is 6.92 Å². The molecule has 0 aliphatic carbocycles. The molecule has 0 N–H and O–H groups in total. The fraction of sp³-hybridized carbons (Fsp3) is 0.231. The predicted octanol–water partition coefficient (Wildman–Crippen LogP) is 3.53. The molecule has 0 fully saturated rings. The van der Waals surface area contributed by atoms with Gasteiger partial charge in [0.05, 0.1) is 0 Å². The Morgan fingerprint density at radius 3 is 2.88 bits per heavy atom. The lowest BCUT2D eigenvalue weighted by atomic mass is 10.1. The largest absolute Gasteiger partial charge is 0.461 e. The van der Waals surface area contributed by atoms with Gasteiger partial charge in [-0.2, -0.15) is 0 Å². The third kappa shape index (κ3) is 2.71. The van der Waals surface area contributed by atoms with E-state index < -0.39 is 0 Å². The molecular weight excluding hydrogens is 236 g/mol. The Bertz CT molecular complexity index is 628. The predicted molar refractivity (Wildman–Crippen MR) is 67.3 cm³/mol. The van der Waals surface area contributed by atoms with Gasteiger partial charge < -0.3 is 9.15 Å². The van der Waals surface area contributed by atoms with Crippen LogP contribution in [0.1, 0.15) is 18.1 Å². The van der Waals surface area contributed by atoms with Crippen molar-refractivity contribution in [1.29, 1.82) is 0 Å². The Kier molecular flexibility index (Phi) is 3.24. The van der Waals surface area contributed by atoms with Crippen molar-refractivity contribution in [3.8, 4) is 0 Å². The van der Waals surface area contributed by atoms with E-state index in [4.69, 9.17) is 21.4 Å². The van der Waals surface area contributed by atoms with Crippen molar-refractivity contribution in [2.75, 3.05) is 0 Å². The molecular formula is C13H12O3S. The second-order valence-corrected chi connectivity index (χ2v) is 4.27. The first-order valence-corrected chi connectivity index (χ1v) is 5.64. The van der Waals surface area contributed by atoms with E-state index in [1.54, 1.807) is 6.07 Å². The monoisotopic (exact) mass is 248 g/mol. The maximum absolute atomic E-state index is 10.8. The number of rotatable bonds is 2. The zero-order chi connectivity index (χ0) is 12.4. The molecule has 1 aromatic heterocycles. The van der Waals surface area contributed by atoms with Crippen molar-refractivity contribution in [2.24, 2.45) is 0 Å². The summed E-state index contributed by atoms with van der Waals surface area (Å²) >= 11 is 5.04. The van der Waals surface area contributed by atoms with E-state index >= 15 is 0 Å². The lowest BCUT2D eigenvalue weighted by Gasteiger charge is -2.06. The maximum Gasteiger partial charge on any atom is 0.302 e. The average molecular weight is 248 g/mol. The van der Waals surface area contributed by atoms with Gasteiger partial charge in [-0.1, -0.05) is 12.1 Å². The summed E-state index contributed by atoms with van der Waals surface area (Å²) in [5.74, 6) is -0.308. The van der Waals surface area contributed by atoms with E-state index in [1.807, 2.05) is 25.1 Å². The van der Waals surface area contributed by atoms with Crippen LogP contribution in [0.4, 0.5) is 0 Å². The molecule has 0 bridgehead atoms. The van der Waals surface area contributed by atoms with Crippen LogP contribution in [-0.2, 0) is 16.1 Å². The number of fused-ring (bicyclic) bond motifs is 1. The van der Waals surface area contributed by atoms with Crippen molar-refractivity contribution in [3.63, 3.8) is 0 Å². The van der Waals surface area contributed by atoms with E-state index in [2.05, 4.69) is 0 Å². The quantitative estimate of drug-likeness (QED) is 0.602. The summed E-state index contributed by atoms with van der Waals surface area (Å²) in [6.45, 7) is 3.58. The van der Waals surface area contributed by atoms with Crippen LogP contribution in [0.3, 0.4) is 0 Å². The summed E-state index contributed by atoms with van der Waals surface area (Å²) in [5, 5.41) is 0.922. The third-order valence-electron chi connectivity index (χ3n) is 2.42. The summed E-state index contributed by atoms with van der Waals surface area (Å²) in [6.07, 6.45) is 0. The topological polar surface area (TPSA) is 39.4 Å². The first-order valence-electron chi connectivity index (χ1n) is 5.23. The Hall–Kier alpha value is -1.68. The molecule has 88 valence electrons. The van der Waals surface area contributed by atoms with Crippen molar-refractivity contribution in [1.82, 2.24) is 0 Å². The highest BCUT2D eigenvalue weighted by molar-refractivity contribution is 7.71. The second kappa shape index (κ2) is 4.67. The minimum Gasteiger partial charge on any atom is -0.461 e. The van der Waals surface area contributed by atoms with E-state index in [-0.39, 0.29) is 12.6 Å². The molecule has 2 rings (SSSR count). The normalized spacial score (nSPS) is 10.5. The molecule has 0 atom stereocenters. The molecule has 0 aliphatic heterocycles. The maximum atomic E-state index is 10.8. The van der Waals surface area contributed by atoms with Crippen molar-refractivity contribution in [3.05, 3.63) is 40.1 Å². The lowest BCUT2D eigenvalue weighted by Crippen LogP contribution is -1.99. The summed E-state index contributed by atoms with van der Waals surface area (Å²) in [4.78, 5) is 10.8. The molecule has 17 heavy (non-hydrogen) atoms. The highest BCUT2D eigenvalue weighted by Crippen LogP contribution is 2.21. The Balaban J connectivity index is 2.53. The molecule has 0 spiro atoms. The van der Waals surface area contributed by atoms with Crippen molar-refractivity contribution >= 4 is 29.2 Å². The van der Waals surface area contributed by atoms with Crippen LogP contribution in [0.2, 0.25) is 0 Å². The SMILES string of the molecule is CC(=O)OCc1cc(=S)oc2cc(C)ccc12. The summed E-state index contributed by atoms with van der Waals surface area (Å²) < 4.78 is 10.9. The van der Waals surface area contributed by atoms with Crippen LogP contribution in [0.5, 0.6) is 0 Å². The smallest absolute Gasteiger partial charge is 0.302 e. The Morgan fingerprint density at radius 1 is 1.41 bits per heavy atom. The summed E-state index contributed by atoms with van der Waals surface area (Å²) in [7, 11) is 0. The van der Waals surface area contributed by atoms with Gasteiger partial charge in [0.25, 0.3) is 0 Å². The highest BCUT2D eigenvalue weighted by Gasteiger charge is 2.05.